The fourth-order valence-corrected chi connectivity index (χ4v) is 2.94. The van der Waals surface area contributed by atoms with Crippen LogP contribution in [0.4, 0.5) is 0 Å². The molecular weight excluding hydrogens is 254 g/mol. The molecule has 4 heteroatoms. The molecule has 0 unspecified atom stereocenters. The molecule has 1 saturated carbocycles. The lowest BCUT2D eigenvalue weighted by Crippen LogP contribution is -2.41. The zero-order valence-corrected chi connectivity index (χ0v) is 11.9. The molecule has 0 heterocycles. The van der Waals surface area contributed by atoms with Gasteiger partial charge in [0.2, 0.25) is 0 Å². The fourth-order valence-electron chi connectivity index (χ4n) is 2.94. The molecule has 0 radical (unpaired) electrons. The van der Waals surface area contributed by atoms with Crippen molar-refractivity contribution in [3.63, 3.8) is 0 Å². The number of rotatable bonds is 3. The Morgan fingerprint density at radius 3 is 2.70 bits per heavy atom. The average molecular weight is 277 g/mol. The van der Waals surface area contributed by atoms with Crippen LogP contribution in [0.1, 0.15) is 48.0 Å². The summed E-state index contributed by atoms with van der Waals surface area (Å²) in [4.78, 5) is 12.3. The number of aliphatic hydroxyl groups excluding tert-OH is 1. The average Bonchev–Trinajstić information content (AvgIpc) is 2.62. The normalized spacial score (nSPS) is 23.1. The second-order valence-corrected chi connectivity index (χ2v) is 5.72. The van der Waals surface area contributed by atoms with Crippen LogP contribution in [0.2, 0.25) is 0 Å². The summed E-state index contributed by atoms with van der Waals surface area (Å²) in [6.07, 6.45) is 5.23. The van der Waals surface area contributed by atoms with Gasteiger partial charge in [-0.25, -0.2) is 0 Å². The third kappa shape index (κ3) is 3.73. The molecule has 4 nitrogen and oxygen atoms in total. The fraction of sp³-hybridized carbons (Fsp3) is 0.562. The number of phenols is 1. The van der Waals surface area contributed by atoms with Crippen LogP contribution in [0.15, 0.2) is 18.2 Å². The van der Waals surface area contributed by atoms with Crippen molar-refractivity contribution in [2.24, 2.45) is 5.92 Å². The van der Waals surface area contributed by atoms with Gasteiger partial charge in [-0.15, -0.1) is 0 Å². The lowest BCUT2D eigenvalue weighted by molar-refractivity contribution is 0.0899. The summed E-state index contributed by atoms with van der Waals surface area (Å²) >= 11 is 0. The number of amides is 1. The van der Waals surface area contributed by atoms with Crippen molar-refractivity contribution in [1.82, 2.24) is 5.32 Å². The Morgan fingerprint density at radius 1 is 1.25 bits per heavy atom. The summed E-state index contributed by atoms with van der Waals surface area (Å²) in [6.45, 7) is 1.96. The number of phenolic OH excluding ortho intramolecular Hbond substituents is 1. The Bertz CT molecular complexity index is 453. The molecule has 0 aromatic heterocycles. The van der Waals surface area contributed by atoms with Crippen LogP contribution >= 0.6 is 0 Å². The first-order valence-corrected chi connectivity index (χ1v) is 7.32. The van der Waals surface area contributed by atoms with E-state index in [9.17, 15) is 15.0 Å². The first-order valence-electron chi connectivity index (χ1n) is 7.32. The molecule has 110 valence electrons. The number of carbonyl (C=O) groups excluding carboxylic acids is 1. The van der Waals surface area contributed by atoms with Gasteiger partial charge in [-0.2, -0.15) is 0 Å². The van der Waals surface area contributed by atoms with Gasteiger partial charge in [-0.1, -0.05) is 19.3 Å². The number of aromatic hydroxyl groups is 1. The summed E-state index contributed by atoms with van der Waals surface area (Å²) in [5.41, 5.74) is 1.33. The van der Waals surface area contributed by atoms with Gasteiger partial charge in [0.05, 0.1) is 0 Å². The van der Waals surface area contributed by atoms with E-state index in [1.165, 1.54) is 6.07 Å². The van der Waals surface area contributed by atoms with Crippen molar-refractivity contribution < 1.29 is 15.0 Å². The molecule has 0 saturated heterocycles. The van der Waals surface area contributed by atoms with E-state index in [2.05, 4.69) is 5.32 Å². The largest absolute Gasteiger partial charge is 0.508 e. The summed E-state index contributed by atoms with van der Waals surface area (Å²) in [6, 6.07) is 4.89. The molecule has 0 aliphatic heterocycles. The number of aryl methyl sites for hydroxylation is 1. The Kier molecular flexibility index (Phi) is 5.01. The summed E-state index contributed by atoms with van der Waals surface area (Å²) in [5, 5.41) is 22.1. The molecule has 1 amide bonds. The number of aliphatic hydroxyl groups is 1. The molecule has 3 N–H and O–H groups in total. The monoisotopic (exact) mass is 277 g/mol. The second-order valence-electron chi connectivity index (χ2n) is 5.72. The van der Waals surface area contributed by atoms with Crippen LogP contribution < -0.4 is 5.32 Å². The number of nitrogens with one attached hydrogen (secondary N) is 1. The van der Waals surface area contributed by atoms with Crippen molar-refractivity contribution in [3.05, 3.63) is 29.3 Å². The zero-order chi connectivity index (χ0) is 14.5. The zero-order valence-electron chi connectivity index (χ0n) is 11.9. The van der Waals surface area contributed by atoms with E-state index in [1.807, 2.05) is 6.92 Å². The standard InChI is InChI=1S/C16H23NO3/c1-11-7-13(9-14(19)8-11)16(20)17-15-6-4-2-3-5-12(15)10-18/h7-9,12,15,18-19H,2-6,10H2,1H3,(H,17,20)/t12-,15-/m0/s1. The highest BCUT2D eigenvalue weighted by molar-refractivity contribution is 5.95. The summed E-state index contributed by atoms with van der Waals surface area (Å²) in [5.74, 6) is 0.0731. The van der Waals surface area contributed by atoms with E-state index in [4.69, 9.17) is 0 Å². The third-order valence-corrected chi connectivity index (χ3v) is 4.03. The third-order valence-electron chi connectivity index (χ3n) is 4.03. The van der Waals surface area contributed by atoms with Crippen molar-refractivity contribution in [2.45, 2.75) is 45.1 Å². The number of hydrogen-bond acceptors (Lipinski definition) is 3. The smallest absolute Gasteiger partial charge is 0.251 e. The first kappa shape index (κ1) is 14.9. The number of carbonyl (C=O) groups is 1. The van der Waals surface area contributed by atoms with Gasteiger partial charge in [0.15, 0.2) is 0 Å². The number of hydrogen-bond donors (Lipinski definition) is 3. The maximum atomic E-state index is 12.3. The Hall–Kier alpha value is -1.55. The van der Waals surface area contributed by atoms with Crippen LogP contribution in [0, 0.1) is 12.8 Å². The lowest BCUT2D eigenvalue weighted by Gasteiger charge is -2.24. The van der Waals surface area contributed by atoms with Crippen molar-refractivity contribution in [2.75, 3.05) is 6.61 Å². The highest BCUT2D eigenvalue weighted by Crippen LogP contribution is 2.24. The van der Waals surface area contributed by atoms with Crippen LogP contribution in [0.5, 0.6) is 5.75 Å². The van der Waals surface area contributed by atoms with E-state index in [1.54, 1.807) is 12.1 Å². The molecule has 1 fully saturated rings. The van der Waals surface area contributed by atoms with E-state index in [-0.39, 0.29) is 30.2 Å². The highest BCUT2D eigenvalue weighted by atomic mass is 16.3. The Morgan fingerprint density at radius 2 is 2.00 bits per heavy atom. The van der Waals surface area contributed by atoms with E-state index >= 15 is 0 Å². The van der Waals surface area contributed by atoms with Gasteiger partial charge in [0.1, 0.15) is 5.75 Å². The van der Waals surface area contributed by atoms with E-state index in [0.29, 0.717) is 5.56 Å². The van der Waals surface area contributed by atoms with Gasteiger partial charge >= 0.3 is 0 Å². The van der Waals surface area contributed by atoms with Crippen molar-refractivity contribution in [1.29, 1.82) is 0 Å². The predicted octanol–water partition coefficient (Wildman–Crippen LogP) is 2.37. The highest BCUT2D eigenvalue weighted by Gasteiger charge is 2.25. The van der Waals surface area contributed by atoms with Crippen molar-refractivity contribution >= 4 is 5.91 Å². The molecule has 1 aliphatic rings. The molecule has 0 spiro atoms. The molecular formula is C16H23NO3. The molecule has 2 atom stereocenters. The van der Waals surface area contributed by atoms with E-state index < -0.39 is 0 Å². The summed E-state index contributed by atoms with van der Waals surface area (Å²) in [7, 11) is 0. The second kappa shape index (κ2) is 6.75. The van der Waals surface area contributed by atoms with Crippen LogP contribution in [-0.2, 0) is 0 Å². The quantitative estimate of drug-likeness (QED) is 0.743. The summed E-state index contributed by atoms with van der Waals surface area (Å²) < 4.78 is 0. The molecule has 1 aliphatic carbocycles. The molecule has 1 aromatic rings. The van der Waals surface area contributed by atoms with Gasteiger partial charge in [0.25, 0.3) is 5.91 Å². The molecule has 2 rings (SSSR count). The van der Waals surface area contributed by atoms with Gasteiger partial charge in [-0.05, 0) is 43.5 Å². The Balaban J connectivity index is 2.08. The van der Waals surface area contributed by atoms with Crippen LogP contribution in [0.3, 0.4) is 0 Å². The molecule has 0 bridgehead atoms. The minimum absolute atomic E-state index is 0.0256. The molecule has 1 aromatic carbocycles. The maximum absolute atomic E-state index is 12.3. The van der Waals surface area contributed by atoms with Gasteiger partial charge in [0, 0.05) is 24.1 Å². The topological polar surface area (TPSA) is 69.6 Å². The first-order chi connectivity index (χ1) is 9.60. The van der Waals surface area contributed by atoms with Gasteiger partial charge < -0.3 is 15.5 Å². The van der Waals surface area contributed by atoms with Crippen LogP contribution in [0.25, 0.3) is 0 Å². The van der Waals surface area contributed by atoms with Crippen LogP contribution in [-0.4, -0.2) is 28.8 Å². The Labute approximate surface area is 119 Å². The van der Waals surface area contributed by atoms with E-state index in [0.717, 1.165) is 37.7 Å². The lowest BCUT2D eigenvalue weighted by atomic mass is 9.95. The maximum Gasteiger partial charge on any atom is 0.251 e. The minimum atomic E-state index is -0.172. The predicted molar refractivity (Wildman–Crippen MR) is 77.8 cm³/mol. The molecule has 20 heavy (non-hydrogen) atoms. The van der Waals surface area contributed by atoms with Crippen molar-refractivity contribution in [3.8, 4) is 5.75 Å². The number of benzene rings is 1. The minimum Gasteiger partial charge on any atom is -0.508 e. The van der Waals surface area contributed by atoms with Gasteiger partial charge in [-0.3, -0.25) is 4.79 Å². The SMILES string of the molecule is Cc1cc(O)cc(C(=O)N[C@H]2CCCCC[C@H]2CO)c1.